The second kappa shape index (κ2) is 6.14. The van der Waals surface area contributed by atoms with Crippen LogP contribution in [0.3, 0.4) is 0 Å². The molecule has 25 heavy (non-hydrogen) atoms. The maximum Gasteiger partial charge on any atom is 0.261 e. The van der Waals surface area contributed by atoms with E-state index in [2.05, 4.69) is 10.6 Å². The Hall–Kier alpha value is -3.00. The summed E-state index contributed by atoms with van der Waals surface area (Å²) >= 11 is 0. The lowest BCUT2D eigenvalue weighted by molar-refractivity contribution is -0.115. The number of benzene rings is 2. The van der Waals surface area contributed by atoms with Gasteiger partial charge in [-0.2, -0.15) is 0 Å². The van der Waals surface area contributed by atoms with Crippen LogP contribution in [0.5, 0.6) is 0 Å². The number of sulfone groups is 1. The number of imide groups is 1. The number of nitrogens with one attached hydrogen (secondary N) is 2. The van der Waals surface area contributed by atoms with Crippen LogP contribution in [-0.2, 0) is 21.1 Å². The Morgan fingerprint density at radius 1 is 1.04 bits per heavy atom. The van der Waals surface area contributed by atoms with E-state index in [0.29, 0.717) is 5.56 Å². The third kappa shape index (κ3) is 3.43. The molecule has 0 saturated heterocycles. The first kappa shape index (κ1) is 16.8. The van der Waals surface area contributed by atoms with Gasteiger partial charge in [0.25, 0.3) is 11.8 Å². The van der Waals surface area contributed by atoms with Crippen molar-refractivity contribution < 1.29 is 22.8 Å². The maximum absolute atomic E-state index is 12.2. The van der Waals surface area contributed by atoms with Crippen LogP contribution in [-0.4, -0.2) is 32.4 Å². The largest absolute Gasteiger partial charge is 0.325 e. The zero-order chi connectivity index (χ0) is 18.2. The van der Waals surface area contributed by atoms with E-state index in [4.69, 9.17) is 0 Å². The molecule has 0 fully saturated rings. The highest BCUT2D eigenvalue weighted by Crippen LogP contribution is 2.24. The number of anilines is 1. The van der Waals surface area contributed by atoms with Crippen LogP contribution in [0.25, 0.3) is 0 Å². The van der Waals surface area contributed by atoms with Crippen molar-refractivity contribution in [3.05, 3.63) is 59.2 Å². The highest BCUT2D eigenvalue weighted by atomic mass is 32.2. The van der Waals surface area contributed by atoms with Crippen LogP contribution in [0.4, 0.5) is 5.69 Å². The van der Waals surface area contributed by atoms with Crippen LogP contribution >= 0.6 is 0 Å². The van der Waals surface area contributed by atoms with Gasteiger partial charge < -0.3 is 5.32 Å². The quantitative estimate of drug-likeness (QED) is 0.797. The molecule has 2 aromatic rings. The summed E-state index contributed by atoms with van der Waals surface area (Å²) in [5.41, 5.74) is 1.25. The molecule has 8 heteroatoms. The molecule has 0 saturated carbocycles. The normalized spacial score (nSPS) is 13.3. The van der Waals surface area contributed by atoms with E-state index in [0.717, 1.165) is 6.26 Å². The first-order valence-corrected chi connectivity index (χ1v) is 9.22. The third-order valence-electron chi connectivity index (χ3n) is 3.75. The lowest BCUT2D eigenvalue weighted by atomic mass is 10.1. The molecule has 128 valence electrons. The van der Waals surface area contributed by atoms with Crippen LogP contribution in [0.1, 0.15) is 26.3 Å². The zero-order valence-electron chi connectivity index (χ0n) is 13.2. The standard InChI is InChI=1S/C17H14N2O5S/c1-25(23,24)11-7-5-10(6-8-11)9-14(20)18-13-4-2-3-12-15(13)17(22)19-16(12)21/h2-8H,9H2,1H3,(H,18,20)(H,19,21,22). The van der Waals surface area contributed by atoms with Crippen LogP contribution < -0.4 is 10.6 Å². The van der Waals surface area contributed by atoms with Gasteiger partial charge in [-0.3, -0.25) is 19.7 Å². The van der Waals surface area contributed by atoms with Gasteiger partial charge in [0.15, 0.2) is 9.84 Å². The Labute approximate surface area is 144 Å². The number of fused-ring (bicyclic) bond motifs is 1. The van der Waals surface area contributed by atoms with Crippen molar-refractivity contribution in [2.24, 2.45) is 0 Å². The molecule has 0 bridgehead atoms. The molecule has 0 radical (unpaired) electrons. The first-order valence-electron chi connectivity index (χ1n) is 7.33. The minimum atomic E-state index is -3.29. The summed E-state index contributed by atoms with van der Waals surface area (Å²) in [6.45, 7) is 0. The number of carbonyl (C=O) groups excluding carboxylic acids is 3. The Morgan fingerprint density at radius 3 is 2.36 bits per heavy atom. The summed E-state index contributed by atoms with van der Waals surface area (Å²) in [4.78, 5) is 35.8. The fourth-order valence-corrected chi connectivity index (χ4v) is 3.19. The van der Waals surface area contributed by atoms with E-state index in [9.17, 15) is 22.8 Å². The predicted molar refractivity (Wildman–Crippen MR) is 90.1 cm³/mol. The molecule has 0 atom stereocenters. The molecular formula is C17H14N2O5S. The average Bonchev–Trinajstić information content (AvgIpc) is 2.82. The zero-order valence-corrected chi connectivity index (χ0v) is 14.0. The molecule has 1 heterocycles. The third-order valence-corrected chi connectivity index (χ3v) is 4.88. The second-order valence-electron chi connectivity index (χ2n) is 5.65. The summed E-state index contributed by atoms with van der Waals surface area (Å²) in [5.74, 6) is -1.42. The summed E-state index contributed by atoms with van der Waals surface area (Å²) < 4.78 is 22.9. The predicted octanol–water partition coefficient (Wildman–Crippen LogP) is 1.15. The molecule has 0 spiro atoms. The highest BCUT2D eigenvalue weighted by molar-refractivity contribution is 7.90. The molecule has 0 aromatic heterocycles. The smallest absolute Gasteiger partial charge is 0.261 e. The van der Waals surface area contributed by atoms with E-state index >= 15 is 0 Å². The van der Waals surface area contributed by atoms with E-state index in [1.54, 1.807) is 24.3 Å². The fraction of sp³-hybridized carbons (Fsp3) is 0.118. The molecule has 1 aliphatic heterocycles. The summed E-state index contributed by atoms with van der Waals surface area (Å²) in [6.07, 6.45) is 1.11. The Bertz CT molecular complexity index is 994. The summed E-state index contributed by atoms with van der Waals surface area (Å²) in [6, 6.07) is 10.6. The van der Waals surface area contributed by atoms with Crippen molar-refractivity contribution in [1.29, 1.82) is 0 Å². The number of amides is 3. The summed E-state index contributed by atoms with van der Waals surface area (Å²) in [5, 5.41) is 4.80. The lowest BCUT2D eigenvalue weighted by Crippen LogP contribution is -2.21. The summed E-state index contributed by atoms with van der Waals surface area (Å²) in [7, 11) is -3.29. The topological polar surface area (TPSA) is 109 Å². The van der Waals surface area contributed by atoms with E-state index < -0.39 is 21.7 Å². The van der Waals surface area contributed by atoms with E-state index in [1.165, 1.54) is 18.2 Å². The molecule has 0 unspecified atom stereocenters. The SMILES string of the molecule is CS(=O)(=O)c1ccc(CC(=O)Nc2cccc3c2C(=O)NC3=O)cc1. The molecule has 2 N–H and O–H groups in total. The Morgan fingerprint density at radius 2 is 1.72 bits per heavy atom. The highest BCUT2D eigenvalue weighted by Gasteiger charge is 2.29. The maximum atomic E-state index is 12.2. The monoisotopic (exact) mass is 358 g/mol. The van der Waals surface area contributed by atoms with Crippen molar-refractivity contribution in [2.45, 2.75) is 11.3 Å². The molecule has 2 aromatic carbocycles. The van der Waals surface area contributed by atoms with Crippen molar-refractivity contribution in [3.8, 4) is 0 Å². The Kier molecular flexibility index (Phi) is 4.13. The fourth-order valence-electron chi connectivity index (χ4n) is 2.56. The van der Waals surface area contributed by atoms with Crippen molar-refractivity contribution >= 4 is 33.2 Å². The van der Waals surface area contributed by atoms with Gasteiger partial charge in [0.2, 0.25) is 5.91 Å². The van der Waals surface area contributed by atoms with Crippen LogP contribution in [0.15, 0.2) is 47.4 Å². The molecule has 3 rings (SSSR count). The molecule has 1 aliphatic rings. The Balaban J connectivity index is 1.76. The van der Waals surface area contributed by atoms with Gasteiger partial charge in [0.1, 0.15) is 0 Å². The van der Waals surface area contributed by atoms with Gasteiger partial charge in [-0.15, -0.1) is 0 Å². The van der Waals surface area contributed by atoms with Crippen molar-refractivity contribution in [3.63, 3.8) is 0 Å². The van der Waals surface area contributed by atoms with Crippen molar-refractivity contribution in [2.75, 3.05) is 11.6 Å². The van der Waals surface area contributed by atoms with Crippen LogP contribution in [0.2, 0.25) is 0 Å². The number of hydrogen-bond acceptors (Lipinski definition) is 5. The average molecular weight is 358 g/mol. The van der Waals surface area contributed by atoms with Gasteiger partial charge in [-0.25, -0.2) is 8.42 Å². The van der Waals surface area contributed by atoms with Gasteiger partial charge in [0.05, 0.1) is 28.1 Å². The molecule has 0 aliphatic carbocycles. The molecular weight excluding hydrogens is 344 g/mol. The minimum Gasteiger partial charge on any atom is -0.325 e. The van der Waals surface area contributed by atoms with Gasteiger partial charge in [-0.05, 0) is 29.8 Å². The van der Waals surface area contributed by atoms with Gasteiger partial charge >= 0.3 is 0 Å². The first-order chi connectivity index (χ1) is 11.8. The van der Waals surface area contributed by atoms with Crippen LogP contribution in [0, 0.1) is 0 Å². The van der Waals surface area contributed by atoms with E-state index in [1.807, 2.05) is 0 Å². The number of rotatable bonds is 4. The second-order valence-corrected chi connectivity index (χ2v) is 7.67. The van der Waals surface area contributed by atoms with E-state index in [-0.39, 0.29) is 34.0 Å². The minimum absolute atomic E-state index is 0.00325. The molecule has 3 amide bonds. The van der Waals surface area contributed by atoms with Gasteiger partial charge in [0, 0.05) is 6.26 Å². The van der Waals surface area contributed by atoms with Gasteiger partial charge in [-0.1, -0.05) is 18.2 Å². The molecule has 7 nitrogen and oxygen atoms in total. The van der Waals surface area contributed by atoms with Crippen molar-refractivity contribution in [1.82, 2.24) is 5.32 Å². The lowest BCUT2D eigenvalue weighted by Gasteiger charge is -2.08. The number of carbonyl (C=O) groups is 3. The number of hydrogen-bond donors (Lipinski definition) is 2.